The van der Waals surface area contributed by atoms with Crippen LogP contribution >= 0.6 is 0 Å². The highest BCUT2D eigenvalue weighted by Crippen LogP contribution is 1.90. The fourth-order valence-electron chi connectivity index (χ4n) is 0. The van der Waals surface area contributed by atoms with Gasteiger partial charge >= 0.3 is 0 Å². The first-order valence-corrected chi connectivity index (χ1v) is 2.88. The van der Waals surface area contributed by atoms with Crippen molar-refractivity contribution in [2.75, 3.05) is 14.1 Å². The number of hydrogen-bond acceptors (Lipinski definition) is 4. The molecule has 0 spiro atoms. The maximum absolute atomic E-state index is 8.74. The van der Waals surface area contributed by atoms with Gasteiger partial charge in [0.15, 0.2) is 0 Å². The van der Waals surface area contributed by atoms with E-state index in [1.165, 1.54) is 0 Å². The average molecular weight is 166 g/mol. The second-order valence-electron chi connectivity index (χ2n) is 2.53. The Morgan fingerprint density at radius 1 is 1.64 bits per heavy atom. The van der Waals surface area contributed by atoms with E-state index < -0.39 is 12.4 Å². The molecule has 0 fully saturated rings. The van der Waals surface area contributed by atoms with Crippen molar-refractivity contribution in [2.24, 2.45) is 5.84 Å². The number of quaternary nitrogens is 1. The summed E-state index contributed by atoms with van der Waals surface area (Å²) in [6.45, 7) is 1.65. The van der Waals surface area contributed by atoms with Crippen LogP contribution in [0.3, 0.4) is 0 Å². The summed E-state index contributed by atoms with van der Waals surface area (Å²) in [6, 6.07) is 0. The lowest BCUT2D eigenvalue weighted by Gasteiger charge is -2.24. The highest BCUT2D eigenvalue weighted by molar-refractivity contribution is 5.50. The maximum Gasteiger partial charge on any atom is 0.249 e. The van der Waals surface area contributed by atoms with E-state index in [2.05, 4.69) is 0 Å². The van der Waals surface area contributed by atoms with Crippen molar-refractivity contribution in [2.45, 2.75) is 13.2 Å². The van der Waals surface area contributed by atoms with Crippen molar-refractivity contribution >= 4 is 6.16 Å². The summed E-state index contributed by atoms with van der Waals surface area (Å²) in [6.07, 6.45) is -2.57. The highest BCUT2D eigenvalue weighted by atomic mass is 16.6. The number of hydrogen-bond donors (Lipinski definition) is 3. The van der Waals surface area contributed by atoms with Gasteiger partial charge in [-0.05, 0) is 0 Å². The van der Waals surface area contributed by atoms with Gasteiger partial charge in [0.2, 0.25) is 12.4 Å². The van der Waals surface area contributed by atoms with Gasteiger partial charge in [-0.3, -0.25) is 0 Å². The largest absolute Gasteiger partial charge is 0.565 e. The van der Waals surface area contributed by atoms with Crippen molar-refractivity contribution in [1.29, 1.82) is 0 Å². The van der Waals surface area contributed by atoms with Gasteiger partial charge in [0.1, 0.15) is 0 Å². The zero-order valence-corrected chi connectivity index (χ0v) is 6.81. The van der Waals surface area contributed by atoms with Gasteiger partial charge in [0.25, 0.3) is 0 Å². The van der Waals surface area contributed by atoms with Crippen LogP contribution in [0.4, 0.5) is 4.79 Å². The molecule has 0 bridgehead atoms. The number of aliphatic hydroxyl groups excluding tert-OH is 1. The van der Waals surface area contributed by atoms with Gasteiger partial charge in [0, 0.05) is 6.92 Å². The van der Waals surface area contributed by atoms with Gasteiger partial charge < -0.3 is 20.1 Å². The monoisotopic (exact) mass is 166 g/mol. The van der Waals surface area contributed by atoms with Crippen LogP contribution in [0.2, 0.25) is 0 Å². The molecule has 1 unspecified atom stereocenters. The molecule has 68 valence electrons. The summed E-state index contributed by atoms with van der Waals surface area (Å²) >= 11 is 0. The molecule has 0 heterocycles. The Morgan fingerprint density at radius 3 is 1.73 bits per heavy atom. The van der Waals surface area contributed by atoms with E-state index in [-0.39, 0.29) is 4.59 Å². The topological polar surface area (TPSA) is 107 Å². The average Bonchev–Trinajstić information content (AvgIpc) is 1.59. The molecule has 6 heteroatoms. The smallest absolute Gasteiger partial charge is 0.249 e. The minimum atomic E-state index is -2.08. The third kappa shape index (κ3) is 17.6. The lowest BCUT2D eigenvalue weighted by molar-refractivity contribution is -0.945. The zero-order chi connectivity index (χ0) is 9.65. The number of carboxylic acid groups (broad SMARTS) is 2. The Balaban J connectivity index is 0. The number of nitrogens with zero attached hydrogens (tertiary/aromatic N) is 1. The van der Waals surface area contributed by atoms with Crippen LogP contribution in [-0.4, -0.2) is 41.3 Å². The molecule has 0 saturated carbocycles. The molecule has 11 heavy (non-hydrogen) atoms. The lowest BCUT2D eigenvalue weighted by Crippen LogP contribution is -2.53. The molecular weight excluding hydrogens is 152 g/mol. The maximum atomic E-state index is 8.74. The Hall–Kier alpha value is -0.850. The number of carbonyl (C=O) groups is 1. The van der Waals surface area contributed by atoms with Crippen LogP contribution < -0.4 is 10.9 Å². The number of aliphatic hydroxyl groups is 1. The van der Waals surface area contributed by atoms with Crippen molar-refractivity contribution in [3.63, 3.8) is 0 Å². The predicted molar refractivity (Wildman–Crippen MR) is 36.0 cm³/mol. The van der Waals surface area contributed by atoms with Gasteiger partial charge in [-0.25, -0.2) is 4.59 Å². The molecule has 0 aliphatic rings. The lowest BCUT2D eigenvalue weighted by atomic mass is 10.6. The summed E-state index contributed by atoms with van der Waals surface area (Å²) in [5.74, 6) is 5.37. The van der Waals surface area contributed by atoms with E-state index in [4.69, 9.17) is 26.0 Å². The molecule has 0 amide bonds. The van der Waals surface area contributed by atoms with Crippen LogP contribution in [0, 0.1) is 0 Å². The van der Waals surface area contributed by atoms with E-state index in [0.29, 0.717) is 0 Å². The quantitative estimate of drug-likeness (QED) is 0.184. The number of rotatable bonds is 1. The summed E-state index contributed by atoms with van der Waals surface area (Å²) in [4.78, 5) is 8.44. The van der Waals surface area contributed by atoms with E-state index in [0.717, 1.165) is 0 Å². The standard InChI is InChI=1S/C4H13N2O.CH2O3/c1-4(7)6(2,3)5;2-1(3)4/h4,7H,5H2,1-3H3;(H2,2,3,4)/q+1;/p-1. The molecule has 0 aromatic rings. The molecule has 1 atom stereocenters. The molecule has 0 aliphatic carbocycles. The fourth-order valence-corrected chi connectivity index (χ4v) is 0. The molecule has 0 saturated heterocycles. The van der Waals surface area contributed by atoms with E-state index >= 15 is 0 Å². The van der Waals surface area contributed by atoms with Crippen molar-refractivity contribution in [1.82, 2.24) is 0 Å². The summed E-state index contributed by atoms with van der Waals surface area (Å²) in [5, 5.41) is 24.0. The first-order valence-electron chi connectivity index (χ1n) is 2.88. The second-order valence-corrected chi connectivity index (χ2v) is 2.53. The van der Waals surface area contributed by atoms with Crippen molar-refractivity contribution in [3.8, 4) is 0 Å². The van der Waals surface area contributed by atoms with Gasteiger partial charge in [-0.1, -0.05) is 0 Å². The first kappa shape index (κ1) is 12.8. The normalized spacial score (nSPS) is 12.8. The summed E-state index contributed by atoms with van der Waals surface area (Å²) in [7, 11) is 3.45. The van der Waals surface area contributed by atoms with Crippen LogP contribution in [0.1, 0.15) is 6.92 Å². The Morgan fingerprint density at radius 2 is 1.73 bits per heavy atom. The molecule has 0 radical (unpaired) electrons. The van der Waals surface area contributed by atoms with Crippen LogP contribution in [0.5, 0.6) is 0 Å². The predicted octanol–water partition coefficient (Wildman–Crippen LogP) is -1.84. The first-order chi connectivity index (χ1) is 4.68. The summed E-state index contributed by atoms with van der Waals surface area (Å²) < 4.78 is 0.111. The van der Waals surface area contributed by atoms with E-state index in [1.807, 2.05) is 0 Å². The molecular formula is C5H14N2O4. The summed E-state index contributed by atoms with van der Waals surface area (Å²) in [5.41, 5.74) is 0. The van der Waals surface area contributed by atoms with Gasteiger partial charge in [0.05, 0.1) is 14.1 Å². The Kier molecular flexibility index (Phi) is 5.69. The van der Waals surface area contributed by atoms with Crippen molar-refractivity contribution < 1.29 is 24.7 Å². The third-order valence-electron chi connectivity index (χ3n) is 0.963. The van der Waals surface area contributed by atoms with Crippen LogP contribution in [0.15, 0.2) is 0 Å². The van der Waals surface area contributed by atoms with E-state index in [9.17, 15) is 0 Å². The van der Waals surface area contributed by atoms with Gasteiger partial charge in [-0.15, -0.1) is 0 Å². The molecule has 0 aromatic carbocycles. The zero-order valence-electron chi connectivity index (χ0n) is 6.81. The van der Waals surface area contributed by atoms with Crippen molar-refractivity contribution in [3.05, 3.63) is 0 Å². The number of nitrogens with two attached hydrogens (primary N) is 1. The fraction of sp³-hybridized carbons (Fsp3) is 0.800. The van der Waals surface area contributed by atoms with Crippen LogP contribution in [-0.2, 0) is 0 Å². The van der Waals surface area contributed by atoms with Crippen LogP contribution in [0.25, 0.3) is 0 Å². The second kappa shape index (κ2) is 4.89. The Labute approximate surface area is 65.0 Å². The minimum absolute atomic E-state index is 0.111. The molecule has 0 aromatic heterocycles. The molecule has 0 aliphatic heterocycles. The SMILES string of the molecule is CC(O)[N+](C)(C)N.O=C([O-])O. The minimum Gasteiger partial charge on any atom is -0.565 e. The third-order valence-corrected chi connectivity index (χ3v) is 0.963. The van der Waals surface area contributed by atoms with Gasteiger partial charge in [-0.2, -0.15) is 5.84 Å². The Bertz CT molecular complexity index is 114. The molecule has 6 nitrogen and oxygen atoms in total. The van der Waals surface area contributed by atoms with E-state index in [1.54, 1.807) is 21.0 Å². The molecule has 0 rings (SSSR count). The highest BCUT2D eigenvalue weighted by Gasteiger charge is 2.14. The molecule has 4 N–H and O–H groups in total.